The Morgan fingerprint density at radius 1 is 1.38 bits per heavy atom. The van der Waals surface area contributed by atoms with E-state index < -0.39 is 0 Å². The first-order valence-corrected chi connectivity index (χ1v) is 6.48. The van der Waals surface area contributed by atoms with E-state index in [4.69, 9.17) is 0 Å². The van der Waals surface area contributed by atoms with Gasteiger partial charge in [0.2, 0.25) is 0 Å². The summed E-state index contributed by atoms with van der Waals surface area (Å²) in [6.45, 7) is 2.14. The average Bonchev–Trinajstić information content (AvgIpc) is 2.97. The van der Waals surface area contributed by atoms with Gasteiger partial charge in [-0.1, -0.05) is 0 Å². The molecule has 4 nitrogen and oxygen atoms in total. The van der Waals surface area contributed by atoms with Gasteiger partial charge in [-0.05, 0) is 33.6 Å². The summed E-state index contributed by atoms with van der Waals surface area (Å²) in [5, 5.41) is 8.06. The second kappa shape index (κ2) is 3.72. The van der Waals surface area contributed by atoms with E-state index in [1.54, 1.807) is 6.20 Å². The van der Waals surface area contributed by atoms with E-state index in [-0.39, 0.29) is 0 Å². The Labute approximate surface area is 94.5 Å². The van der Waals surface area contributed by atoms with Crippen LogP contribution in [0.2, 0.25) is 0 Å². The van der Waals surface area contributed by atoms with Gasteiger partial charge in [0.1, 0.15) is 5.65 Å². The van der Waals surface area contributed by atoms with Crippen molar-refractivity contribution >= 4 is 19.8 Å². The second-order valence-electron chi connectivity index (χ2n) is 3.52. The molecule has 0 fully saturated rings. The van der Waals surface area contributed by atoms with E-state index in [0.29, 0.717) is 8.73 Å². The Balaban J connectivity index is 2.17. The minimum atomic E-state index is 0.712. The molecule has 1 unspecified atom stereocenters. The van der Waals surface area contributed by atoms with Crippen LogP contribution in [0.1, 0.15) is 0 Å². The number of hydrogen-bond acceptors (Lipinski definition) is 2. The molecule has 1 N–H and O–H groups in total. The molecule has 1 atom stereocenters. The first kappa shape index (κ1) is 9.55. The van der Waals surface area contributed by atoms with Gasteiger partial charge < -0.3 is 4.34 Å². The molecule has 0 saturated carbocycles. The number of fused-ring (bicyclic) bond motifs is 1. The summed E-state index contributed by atoms with van der Waals surface area (Å²) in [7, 11) is 0.712. The van der Waals surface area contributed by atoms with Crippen molar-refractivity contribution in [3.05, 3.63) is 36.8 Å². The Morgan fingerprint density at radius 3 is 3.06 bits per heavy atom. The number of H-pyrrole nitrogens is 1. The lowest BCUT2D eigenvalue weighted by atomic mass is 10.2. The van der Waals surface area contributed by atoms with Crippen LogP contribution in [0.5, 0.6) is 0 Å². The van der Waals surface area contributed by atoms with Crippen molar-refractivity contribution in [2.45, 2.75) is 0 Å². The molecule has 0 aliphatic heterocycles. The molecular weight excluding hydrogens is 219 g/mol. The SMILES string of the molecule is CPn1ccc2cc(-c3ccn[nH]3)cnc21. The quantitative estimate of drug-likeness (QED) is 0.687. The van der Waals surface area contributed by atoms with Gasteiger partial charge in [-0.25, -0.2) is 4.98 Å². The minimum absolute atomic E-state index is 0.712. The number of rotatable bonds is 2. The maximum absolute atomic E-state index is 4.49. The van der Waals surface area contributed by atoms with Crippen molar-refractivity contribution in [2.24, 2.45) is 0 Å². The van der Waals surface area contributed by atoms with E-state index in [2.05, 4.69) is 44.5 Å². The standard InChI is InChI=1S/C11H11N4P/c1-16-15-5-3-8-6-9(7-12-11(8)15)10-2-4-13-14-10/h2-7,16H,1H3,(H,13,14). The molecule has 3 heterocycles. The fourth-order valence-electron chi connectivity index (χ4n) is 1.77. The molecule has 16 heavy (non-hydrogen) atoms. The molecule has 0 aliphatic rings. The predicted molar refractivity (Wildman–Crippen MR) is 67.0 cm³/mol. The highest BCUT2D eigenvalue weighted by molar-refractivity contribution is 7.35. The number of aromatic nitrogens is 4. The monoisotopic (exact) mass is 230 g/mol. The van der Waals surface area contributed by atoms with Crippen LogP contribution >= 0.6 is 8.73 Å². The van der Waals surface area contributed by atoms with Crippen LogP contribution < -0.4 is 0 Å². The van der Waals surface area contributed by atoms with Crippen molar-refractivity contribution in [1.29, 1.82) is 0 Å². The first-order valence-electron chi connectivity index (χ1n) is 5.03. The molecule has 3 rings (SSSR count). The number of hydrogen-bond donors (Lipinski definition) is 1. The number of nitrogens with zero attached hydrogens (tertiary/aromatic N) is 3. The van der Waals surface area contributed by atoms with Crippen molar-refractivity contribution in [2.75, 3.05) is 6.66 Å². The van der Waals surface area contributed by atoms with Gasteiger partial charge in [-0.2, -0.15) is 5.10 Å². The smallest absolute Gasteiger partial charge is 0.142 e. The van der Waals surface area contributed by atoms with Crippen molar-refractivity contribution in [3.8, 4) is 11.3 Å². The largest absolute Gasteiger partial charge is 0.314 e. The highest BCUT2D eigenvalue weighted by atomic mass is 31.1. The summed E-state index contributed by atoms with van der Waals surface area (Å²) in [6.07, 6.45) is 5.71. The molecule has 0 amide bonds. The van der Waals surface area contributed by atoms with E-state index in [0.717, 1.165) is 16.9 Å². The summed E-state index contributed by atoms with van der Waals surface area (Å²) in [5.41, 5.74) is 3.12. The second-order valence-corrected chi connectivity index (χ2v) is 4.45. The average molecular weight is 230 g/mol. The third kappa shape index (κ3) is 1.42. The van der Waals surface area contributed by atoms with Crippen molar-refractivity contribution in [1.82, 2.24) is 19.5 Å². The molecule has 5 heteroatoms. The normalized spacial score (nSPS) is 11.8. The maximum atomic E-state index is 4.49. The topological polar surface area (TPSA) is 46.5 Å². The summed E-state index contributed by atoms with van der Waals surface area (Å²) in [4.78, 5) is 4.49. The molecule has 0 saturated heterocycles. The first-order chi connectivity index (χ1) is 7.88. The lowest BCUT2D eigenvalue weighted by Crippen LogP contribution is -1.85. The number of aromatic amines is 1. The van der Waals surface area contributed by atoms with Crippen molar-refractivity contribution < 1.29 is 0 Å². The summed E-state index contributed by atoms with van der Waals surface area (Å²) in [6, 6.07) is 6.17. The van der Waals surface area contributed by atoms with Gasteiger partial charge >= 0.3 is 0 Å². The fourth-order valence-corrected chi connectivity index (χ4v) is 2.39. The van der Waals surface area contributed by atoms with Gasteiger partial charge in [0.15, 0.2) is 0 Å². The zero-order chi connectivity index (χ0) is 11.0. The molecule has 0 aliphatic carbocycles. The van der Waals surface area contributed by atoms with Crippen LogP contribution in [0, 0.1) is 0 Å². The zero-order valence-corrected chi connectivity index (χ0v) is 9.81. The van der Waals surface area contributed by atoms with Crippen LogP contribution in [0.25, 0.3) is 22.3 Å². The molecule has 0 spiro atoms. The predicted octanol–water partition coefficient (Wildman–Crippen LogP) is 2.50. The van der Waals surface area contributed by atoms with E-state index in [1.807, 2.05) is 12.3 Å². The van der Waals surface area contributed by atoms with E-state index in [1.165, 1.54) is 5.39 Å². The molecular formula is C11H11N4P. The molecule has 80 valence electrons. The fraction of sp³-hybridized carbons (Fsp3) is 0.0909. The molecule has 3 aromatic rings. The third-order valence-electron chi connectivity index (χ3n) is 2.58. The molecule has 0 bridgehead atoms. The van der Waals surface area contributed by atoms with Gasteiger partial charge in [0.05, 0.1) is 5.69 Å². The summed E-state index contributed by atoms with van der Waals surface area (Å²) < 4.78 is 2.16. The highest BCUT2D eigenvalue weighted by Crippen LogP contribution is 2.24. The van der Waals surface area contributed by atoms with Gasteiger partial charge in [-0.15, -0.1) is 0 Å². The van der Waals surface area contributed by atoms with Crippen LogP contribution in [-0.4, -0.2) is 26.2 Å². The Bertz CT molecular complexity index is 612. The summed E-state index contributed by atoms with van der Waals surface area (Å²) >= 11 is 0. The van der Waals surface area contributed by atoms with Crippen LogP contribution in [0.15, 0.2) is 36.8 Å². The third-order valence-corrected chi connectivity index (χ3v) is 3.42. The van der Waals surface area contributed by atoms with E-state index in [9.17, 15) is 0 Å². The molecule has 0 radical (unpaired) electrons. The Hall–Kier alpha value is -1.67. The van der Waals surface area contributed by atoms with Crippen LogP contribution in [0.4, 0.5) is 0 Å². The Morgan fingerprint density at radius 2 is 2.31 bits per heavy atom. The minimum Gasteiger partial charge on any atom is -0.314 e. The van der Waals surface area contributed by atoms with E-state index >= 15 is 0 Å². The number of pyridine rings is 1. The zero-order valence-electron chi connectivity index (χ0n) is 8.81. The van der Waals surface area contributed by atoms with Gasteiger partial charge in [0, 0.05) is 29.5 Å². The van der Waals surface area contributed by atoms with Gasteiger partial charge in [0.25, 0.3) is 0 Å². The van der Waals surface area contributed by atoms with Crippen LogP contribution in [-0.2, 0) is 0 Å². The number of nitrogens with one attached hydrogen (secondary N) is 1. The highest BCUT2D eigenvalue weighted by Gasteiger charge is 2.04. The maximum Gasteiger partial charge on any atom is 0.142 e. The van der Waals surface area contributed by atoms with Crippen molar-refractivity contribution in [3.63, 3.8) is 0 Å². The lowest BCUT2D eigenvalue weighted by molar-refractivity contribution is 1.09. The summed E-state index contributed by atoms with van der Waals surface area (Å²) in [5.74, 6) is 0. The molecule has 0 aromatic carbocycles. The van der Waals surface area contributed by atoms with Crippen LogP contribution in [0.3, 0.4) is 0 Å². The Kier molecular flexibility index (Phi) is 2.22. The molecule has 3 aromatic heterocycles. The van der Waals surface area contributed by atoms with Gasteiger partial charge in [-0.3, -0.25) is 5.10 Å². The lowest BCUT2D eigenvalue weighted by Gasteiger charge is -2.00.